The van der Waals surface area contributed by atoms with Crippen LogP contribution in [-0.4, -0.2) is 44.9 Å². The highest BCUT2D eigenvalue weighted by Gasteiger charge is 2.33. The number of hydrogen-bond donors (Lipinski definition) is 3. The number of benzene rings is 1. The Morgan fingerprint density at radius 3 is 1.33 bits per heavy atom. The highest BCUT2D eigenvalue weighted by atomic mass is 32.2. The van der Waals surface area contributed by atoms with Crippen LogP contribution < -0.4 is 14.2 Å². The minimum absolute atomic E-state index is 0.697. The van der Waals surface area contributed by atoms with Crippen LogP contribution in [0.25, 0.3) is 0 Å². The molecule has 0 aliphatic carbocycles. The van der Waals surface area contributed by atoms with Crippen molar-refractivity contribution in [2.45, 2.75) is 14.7 Å². The Kier molecular flexibility index (Phi) is 7.38. The highest BCUT2D eigenvalue weighted by molar-refractivity contribution is 7.94. The van der Waals surface area contributed by atoms with Crippen molar-refractivity contribution in [3.05, 3.63) is 18.2 Å². The zero-order valence-electron chi connectivity index (χ0n) is 13.4. The number of nitrogens with zero attached hydrogens (tertiary/aromatic N) is 3. The first-order valence-electron chi connectivity index (χ1n) is 6.76. The molecule has 27 heavy (non-hydrogen) atoms. The highest BCUT2D eigenvalue weighted by Crippen LogP contribution is 2.28. The monoisotopic (exact) mass is 432 g/mol. The fourth-order valence-corrected chi connectivity index (χ4v) is 6.28. The lowest BCUT2D eigenvalue weighted by molar-refractivity contribution is 0.561. The molecular weight excluding hydrogens is 420 g/mol. The van der Waals surface area contributed by atoms with E-state index < -0.39 is 64.4 Å². The van der Waals surface area contributed by atoms with Crippen molar-refractivity contribution >= 4 is 30.1 Å². The summed E-state index contributed by atoms with van der Waals surface area (Å²) >= 11 is 0. The molecule has 1 aromatic carbocycles. The zero-order valence-corrected chi connectivity index (χ0v) is 15.8. The van der Waals surface area contributed by atoms with Crippen LogP contribution in [0.2, 0.25) is 0 Å². The molecule has 0 bridgehead atoms. The molecule has 0 saturated heterocycles. The van der Waals surface area contributed by atoms with Crippen molar-refractivity contribution in [1.82, 2.24) is 14.2 Å². The van der Waals surface area contributed by atoms with Gasteiger partial charge in [-0.2, -0.15) is 30.0 Å². The first-order valence-corrected chi connectivity index (χ1v) is 11.2. The van der Waals surface area contributed by atoms with Gasteiger partial charge < -0.3 is 0 Å². The van der Waals surface area contributed by atoms with Crippen molar-refractivity contribution in [1.29, 1.82) is 15.8 Å². The van der Waals surface area contributed by atoms with Crippen LogP contribution >= 0.6 is 0 Å². The van der Waals surface area contributed by atoms with E-state index in [2.05, 4.69) is 0 Å². The standard InChI is InChI=1S/C12H12N6O6S3/c13-4-7-16-25(19,20)10-2-1-3-11(26(21,22)17-8-5-14)12(10)27(23,24)18-9-6-15/h1-3,16-18H,7-9H2. The van der Waals surface area contributed by atoms with Gasteiger partial charge in [-0.05, 0) is 12.1 Å². The van der Waals surface area contributed by atoms with Crippen LogP contribution in [0.4, 0.5) is 0 Å². The van der Waals surface area contributed by atoms with Gasteiger partial charge in [-0.1, -0.05) is 6.07 Å². The first-order chi connectivity index (χ1) is 12.5. The van der Waals surface area contributed by atoms with Gasteiger partial charge in [-0.25, -0.2) is 25.3 Å². The van der Waals surface area contributed by atoms with Gasteiger partial charge in [-0.3, -0.25) is 0 Å². The van der Waals surface area contributed by atoms with Gasteiger partial charge in [0.1, 0.15) is 14.7 Å². The zero-order chi connectivity index (χ0) is 20.7. The third-order valence-corrected chi connectivity index (χ3v) is 7.46. The molecule has 0 heterocycles. The Hall–Kier alpha value is -2.58. The van der Waals surface area contributed by atoms with Crippen molar-refractivity contribution in [2.24, 2.45) is 0 Å². The summed E-state index contributed by atoms with van der Waals surface area (Å²) in [5, 5.41) is 25.6. The fraction of sp³-hybridized carbons (Fsp3) is 0.250. The van der Waals surface area contributed by atoms with E-state index in [4.69, 9.17) is 15.8 Å². The lowest BCUT2D eigenvalue weighted by atomic mass is 10.4. The molecule has 144 valence electrons. The summed E-state index contributed by atoms with van der Waals surface area (Å²) in [4.78, 5) is -3.03. The van der Waals surface area contributed by atoms with Crippen LogP contribution in [0.5, 0.6) is 0 Å². The summed E-state index contributed by atoms with van der Waals surface area (Å²) in [7, 11) is -14.0. The van der Waals surface area contributed by atoms with Crippen molar-refractivity contribution in [2.75, 3.05) is 19.6 Å². The molecule has 1 aromatic rings. The fourth-order valence-electron chi connectivity index (χ4n) is 1.79. The van der Waals surface area contributed by atoms with Crippen molar-refractivity contribution in [3.63, 3.8) is 0 Å². The molecule has 15 heteroatoms. The maximum absolute atomic E-state index is 12.5. The number of nitrogens with one attached hydrogen (secondary N) is 3. The third-order valence-electron chi connectivity index (χ3n) is 2.81. The van der Waals surface area contributed by atoms with Crippen molar-refractivity contribution < 1.29 is 25.3 Å². The average Bonchev–Trinajstić information content (AvgIpc) is 2.62. The Labute approximate surface area is 156 Å². The molecule has 0 unspecified atom stereocenters. The molecule has 0 atom stereocenters. The molecule has 0 aliphatic heterocycles. The largest absolute Gasteiger partial charge is 0.244 e. The molecule has 0 amide bonds. The topological polar surface area (TPSA) is 210 Å². The second-order valence-electron chi connectivity index (χ2n) is 4.53. The first kappa shape index (κ1) is 22.5. The van der Waals surface area contributed by atoms with E-state index in [1.54, 1.807) is 14.2 Å². The van der Waals surface area contributed by atoms with Gasteiger partial charge in [-0.15, -0.1) is 0 Å². The van der Waals surface area contributed by atoms with Crippen LogP contribution in [-0.2, 0) is 30.1 Å². The predicted octanol–water partition coefficient (Wildman–Crippen LogP) is -1.91. The molecule has 12 nitrogen and oxygen atoms in total. The SMILES string of the molecule is N#CCNS(=O)(=O)c1cccc(S(=O)(=O)NCC#N)c1S(=O)(=O)NCC#N. The molecule has 0 aliphatic rings. The minimum atomic E-state index is -4.78. The molecule has 0 aromatic heterocycles. The average molecular weight is 432 g/mol. The van der Waals surface area contributed by atoms with Crippen LogP contribution in [0.3, 0.4) is 0 Å². The Balaban J connectivity index is 3.84. The summed E-state index contributed by atoms with van der Waals surface area (Å²) in [5.74, 6) is 0. The van der Waals surface area contributed by atoms with Gasteiger partial charge in [0.05, 0.1) is 37.8 Å². The molecule has 0 spiro atoms. The van der Waals surface area contributed by atoms with E-state index >= 15 is 0 Å². The van der Waals surface area contributed by atoms with Crippen LogP contribution in [0, 0.1) is 34.0 Å². The molecule has 3 N–H and O–H groups in total. The van der Waals surface area contributed by atoms with Gasteiger partial charge in [0.2, 0.25) is 30.1 Å². The lowest BCUT2D eigenvalue weighted by Crippen LogP contribution is -2.33. The maximum atomic E-state index is 12.5. The molecule has 0 saturated carbocycles. The normalized spacial score (nSPS) is 11.9. The third kappa shape index (κ3) is 5.45. The summed E-state index contributed by atoms with van der Waals surface area (Å²) in [6.45, 7) is -2.15. The molecule has 1 rings (SSSR count). The van der Waals surface area contributed by atoms with E-state index in [9.17, 15) is 25.3 Å². The van der Waals surface area contributed by atoms with E-state index in [-0.39, 0.29) is 0 Å². The van der Waals surface area contributed by atoms with Crippen LogP contribution in [0.15, 0.2) is 32.9 Å². The molecule has 0 radical (unpaired) electrons. The van der Waals surface area contributed by atoms with Gasteiger partial charge in [0, 0.05) is 0 Å². The second-order valence-corrected chi connectivity index (χ2v) is 9.71. The van der Waals surface area contributed by atoms with E-state index in [1.807, 2.05) is 0 Å². The smallest absolute Gasteiger partial charge is 0.207 e. The molecular formula is C12H12N6O6S3. The Morgan fingerprint density at radius 2 is 1.00 bits per heavy atom. The Bertz CT molecular complexity index is 1090. The number of rotatable bonds is 9. The number of nitriles is 3. The van der Waals surface area contributed by atoms with E-state index in [0.29, 0.717) is 0 Å². The van der Waals surface area contributed by atoms with Crippen LogP contribution in [0.1, 0.15) is 0 Å². The van der Waals surface area contributed by atoms with E-state index in [0.717, 1.165) is 18.2 Å². The lowest BCUT2D eigenvalue weighted by Gasteiger charge is -2.15. The maximum Gasteiger partial charge on any atom is 0.244 e. The number of sulfonamides is 3. The van der Waals surface area contributed by atoms with Gasteiger partial charge in [0.15, 0.2) is 0 Å². The summed E-state index contributed by atoms with van der Waals surface area (Å²) in [6.07, 6.45) is 0. The second kappa shape index (κ2) is 8.88. The number of hydrogen-bond acceptors (Lipinski definition) is 9. The summed E-state index contributed by atoms with van der Waals surface area (Å²) < 4.78 is 79.7. The predicted molar refractivity (Wildman–Crippen MR) is 88.8 cm³/mol. The van der Waals surface area contributed by atoms with Gasteiger partial charge in [0.25, 0.3) is 0 Å². The summed E-state index contributed by atoms with van der Waals surface area (Å²) in [6, 6.07) is 7.08. The van der Waals surface area contributed by atoms with Gasteiger partial charge >= 0.3 is 0 Å². The molecule has 0 fully saturated rings. The van der Waals surface area contributed by atoms with Crippen molar-refractivity contribution in [3.8, 4) is 18.2 Å². The summed E-state index contributed by atoms with van der Waals surface area (Å²) in [5.41, 5.74) is 0. The minimum Gasteiger partial charge on any atom is -0.207 e. The Morgan fingerprint density at radius 1 is 0.667 bits per heavy atom. The quantitative estimate of drug-likeness (QED) is 0.371. The van der Waals surface area contributed by atoms with E-state index in [1.165, 1.54) is 18.2 Å².